The van der Waals surface area contributed by atoms with Crippen molar-refractivity contribution in [2.45, 2.75) is 0 Å². The molecule has 0 fully saturated rings. The van der Waals surface area contributed by atoms with E-state index >= 15 is 0 Å². The number of carboxylic acid groups (broad SMARTS) is 1. The Morgan fingerprint density at radius 1 is 0.969 bits per heavy atom. The van der Waals surface area contributed by atoms with E-state index in [9.17, 15) is 14.7 Å². The Hall–Kier alpha value is -4.72. The summed E-state index contributed by atoms with van der Waals surface area (Å²) in [6, 6.07) is 19.6. The van der Waals surface area contributed by atoms with E-state index in [0.29, 0.717) is 22.6 Å². The molecule has 5 aromatic rings. The van der Waals surface area contributed by atoms with Gasteiger partial charge in [0.2, 0.25) is 0 Å². The molecule has 156 valence electrons. The first kappa shape index (κ1) is 19.3. The number of imidazole rings is 2. The van der Waals surface area contributed by atoms with Crippen LogP contribution in [-0.2, 0) is 0 Å². The molecule has 0 spiro atoms. The highest BCUT2D eigenvalue weighted by Crippen LogP contribution is 2.26. The second-order valence-corrected chi connectivity index (χ2v) is 7.08. The van der Waals surface area contributed by atoms with E-state index in [2.05, 4.69) is 20.3 Å². The van der Waals surface area contributed by atoms with Gasteiger partial charge in [-0.15, -0.1) is 0 Å². The van der Waals surface area contributed by atoms with Crippen LogP contribution in [0.2, 0.25) is 0 Å². The molecule has 2 heterocycles. The van der Waals surface area contributed by atoms with Crippen molar-refractivity contribution in [3.05, 3.63) is 96.6 Å². The van der Waals surface area contributed by atoms with Crippen molar-refractivity contribution in [2.75, 3.05) is 5.32 Å². The number of aromatic carboxylic acids is 1. The number of H-pyrrole nitrogens is 1. The summed E-state index contributed by atoms with van der Waals surface area (Å²) in [4.78, 5) is 36.2. The molecule has 0 bridgehead atoms. The number of para-hydroxylation sites is 4. The molecule has 5 rings (SSSR count). The fraction of sp³-hybridized carbons (Fsp3) is 0. The number of rotatable bonds is 5. The number of hydrogen-bond acceptors (Lipinski definition) is 4. The molecule has 3 aromatic carbocycles. The summed E-state index contributed by atoms with van der Waals surface area (Å²) < 4.78 is 1.91. The molecule has 0 unspecified atom stereocenters. The van der Waals surface area contributed by atoms with Crippen LogP contribution in [0.15, 0.2) is 85.5 Å². The molecule has 8 heteroatoms. The molecule has 2 aromatic heterocycles. The molecular formula is C24H17N5O3. The average molecular weight is 423 g/mol. The van der Waals surface area contributed by atoms with E-state index in [1.54, 1.807) is 18.6 Å². The smallest absolute Gasteiger partial charge is 0.336 e. The van der Waals surface area contributed by atoms with Crippen LogP contribution in [0.3, 0.4) is 0 Å². The molecule has 32 heavy (non-hydrogen) atoms. The quantitative estimate of drug-likeness (QED) is 0.389. The van der Waals surface area contributed by atoms with E-state index in [0.717, 1.165) is 16.7 Å². The van der Waals surface area contributed by atoms with Crippen molar-refractivity contribution in [3.63, 3.8) is 0 Å². The maximum Gasteiger partial charge on any atom is 0.336 e. The number of carbonyl (C=O) groups excluding carboxylic acids is 1. The zero-order chi connectivity index (χ0) is 22.1. The van der Waals surface area contributed by atoms with Crippen molar-refractivity contribution in [1.29, 1.82) is 0 Å². The number of carboxylic acids is 1. The standard InChI is InChI=1S/C24H17N5O3/c30-23(15-9-10-16(24(31)32)17(13-15)22-25-11-12-26-22)28-19-6-2-4-8-21(19)29-14-27-18-5-1-3-7-20(18)29/h1-14H,(H,25,26)(H,28,30)(H,31,32). The second-order valence-electron chi connectivity index (χ2n) is 7.08. The third-order valence-electron chi connectivity index (χ3n) is 5.13. The van der Waals surface area contributed by atoms with Crippen LogP contribution in [-0.4, -0.2) is 36.5 Å². The molecule has 0 saturated carbocycles. The van der Waals surface area contributed by atoms with E-state index in [4.69, 9.17) is 0 Å². The zero-order valence-corrected chi connectivity index (χ0v) is 16.7. The molecule has 0 aliphatic carbocycles. The highest BCUT2D eigenvalue weighted by Gasteiger charge is 2.18. The van der Waals surface area contributed by atoms with E-state index in [-0.39, 0.29) is 11.5 Å². The maximum absolute atomic E-state index is 13.1. The van der Waals surface area contributed by atoms with Crippen molar-refractivity contribution in [2.24, 2.45) is 0 Å². The Morgan fingerprint density at radius 3 is 2.59 bits per heavy atom. The second kappa shape index (κ2) is 7.84. The number of benzene rings is 3. The number of anilines is 1. The van der Waals surface area contributed by atoms with Gasteiger partial charge in [-0.3, -0.25) is 9.36 Å². The number of fused-ring (bicyclic) bond motifs is 1. The third kappa shape index (κ3) is 3.39. The first-order valence-corrected chi connectivity index (χ1v) is 9.82. The molecular weight excluding hydrogens is 406 g/mol. The van der Waals surface area contributed by atoms with Crippen molar-refractivity contribution < 1.29 is 14.7 Å². The molecule has 8 nitrogen and oxygen atoms in total. The number of nitrogens with one attached hydrogen (secondary N) is 2. The molecule has 3 N–H and O–H groups in total. The Morgan fingerprint density at radius 2 is 1.78 bits per heavy atom. The lowest BCUT2D eigenvalue weighted by Gasteiger charge is -2.13. The number of amides is 1. The van der Waals surface area contributed by atoms with Crippen LogP contribution >= 0.6 is 0 Å². The van der Waals surface area contributed by atoms with Crippen LogP contribution in [0, 0.1) is 0 Å². The lowest BCUT2D eigenvalue weighted by atomic mass is 10.0. The lowest BCUT2D eigenvalue weighted by Crippen LogP contribution is -2.14. The first-order chi connectivity index (χ1) is 15.6. The number of aromatic amines is 1. The van der Waals surface area contributed by atoms with E-state index in [1.807, 2.05) is 47.0 Å². The molecule has 0 radical (unpaired) electrons. The van der Waals surface area contributed by atoms with Gasteiger partial charge in [-0.25, -0.2) is 14.8 Å². The Kier molecular flexibility index (Phi) is 4.72. The summed E-state index contributed by atoms with van der Waals surface area (Å²) in [5, 5.41) is 12.4. The summed E-state index contributed by atoms with van der Waals surface area (Å²) in [5.74, 6) is -1.09. The minimum Gasteiger partial charge on any atom is -0.478 e. The predicted octanol–water partition coefficient (Wildman–Crippen LogP) is 4.37. The highest BCUT2D eigenvalue weighted by molar-refractivity contribution is 6.07. The summed E-state index contributed by atoms with van der Waals surface area (Å²) in [6.07, 6.45) is 4.84. The summed E-state index contributed by atoms with van der Waals surface area (Å²) in [7, 11) is 0. The highest BCUT2D eigenvalue weighted by atomic mass is 16.4. The van der Waals surface area contributed by atoms with Gasteiger partial charge >= 0.3 is 5.97 Å². The molecule has 0 saturated heterocycles. The SMILES string of the molecule is O=C(Nc1ccccc1-n1cnc2ccccc21)c1ccc(C(=O)O)c(-c2ncc[nH]2)c1. The largest absolute Gasteiger partial charge is 0.478 e. The predicted molar refractivity (Wildman–Crippen MR) is 120 cm³/mol. The minimum absolute atomic E-state index is 0.0572. The Balaban J connectivity index is 1.52. The first-order valence-electron chi connectivity index (χ1n) is 9.82. The molecule has 0 aliphatic rings. The topological polar surface area (TPSA) is 113 Å². The summed E-state index contributed by atoms with van der Waals surface area (Å²) in [5.41, 5.74) is 3.84. The van der Waals surface area contributed by atoms with Crippen LogP contribution < -0.4 is 5.32 Å². The minimum atomic E-state index is -1.10. The van der Waals surface area contributed by atoms with Gasteiger partial charge in [0.1, 0.15) is 12.2 Å². The van der Waals surface area contributed by atoms with Crippen LogP contribution in [0.4, 0.5) is 5.69 Å². The van der Waals surface area contributed by atoms with Crippen LogP contribution in [0.25, 0.3) is 28.1 Å². The Bertz CT molecular complexity index is 1450. The van der Waals surface area contributed by atoms with E-state index in [1.165, 1.54) is 24.4 Å². The van der Waals surface area contributed by atoms with Gasteiger partial charge < -0.3 is 15.4 Å². The van der Waals surface area contributed by atoms with Gasteiger partial charge in [-0.2, -0.15) is 0 Å². The molecule has 0 atom stereocenters. The average Bonchev–Trinajstić information content (AvgIpc) is 3.49. The number of hydrogen-bond donors (Lipinski definition) is 3. The van der Waals surface area contributed by atoms with Gasteiger partial charge in [-0.05, 0) is 42.5 Å². The third-order valence-corrected chi connectivity index (χ3v) is 5.13. The molecule has 0 aliphatic heterocycles. The van der Waals surface area contributed by atoms with Gasteiger partial charge in [0.05, 0.1) is 28.0 Å². The summed E-state index contributed by atoms with van der Waals surface area (Å²) >= 11 is 0. The van der Waals surface area contributed by atoms with Gasteiger partial charge in [0.15, 0.2) is 0 Å². The zero-order valence-electron chi connectivity index (χ0n) is 16.7. The van der Waals surface area contributed by atoms with Gasteiger partial charge in [-0.1, -0.05) is 24.3 Å². The van der Waals surface area contributed by atoms with Crippen LogP contribution in [0.5, 0.6) is 0 Å². The number of aromatic nitrogens is 4. The lowest BCUT2D eigenvalue weighted by molar-refractivity contribution is 0.0697. The monoisotopic (exact) mass is 423 g/mol. The molecule has 1 amide bonds. The fourth-order valence-corrected chi connectivity index (χ4v) is 3.62. The van der Waals surface area contributed by atoms with Crippen molar-refractivity contribution in [1.82, 2.24) is 19.5 Å². The number of nitrogens with zero attached hydrogens (tertiary/aromatic N) is 3. The van der Waals surface area contributed by atoms with Crippen molar-refractivity contribution >= 4 is 28.6 Å². The van der Waals surface area contributed by atoms with Crippen molar-refractivity contribution in [3.8, 4) is 17.1 Å². The normalized spacial score (nSPS) is 10.9. The van der Waals surface area contributed by atoms with Crippen LogP contribution in [0.1, 0.15) is 20.7 Å². The van der Waals surface area contributed by atoms with E-state index < -0.39 is 5.97 Å². The number of carbonyl (C=O) groups is 2. The van der Waals surface area contributed by atoms with Gasteiger partial charge in [0.25, 0.3) is 5.91 Å². The fourth-order valence-electron chi connectivity index (χ4n) is 3.62. The summed E-state index contributed by atoms with van der Waals surface area (Å²) in [6.45, 7) is 0. The maximum atomic E-state index is 13.1. The van der Waals surface area contributed by atoms with Gasteiger partial charge in [0, 0.05) is 23.5 Å². The Labute approximate surface area is 182 Å².